The number of aryl methyl sites for hydroxylation is 1. The standard InChI is InChI=1S/C19H23N3O2.ClH/c1-3-7-16(20)19(24)22-17-12-14(11-10-13(17)2)18(23)21-15-8-5-4-6-9-15;/h4-6,8-12,16H,3,7,20H2,1-2H3,(H,21,23)(H,22,24);1H. The Morgan fingerprint density at radius 3 is 2.40 bits per heavy atom. The van der Waals surface area contributed by atoms with Crippen LogP contribution in [0, 0.1) is 6.92 Å². The molecule has 0 aliphatic heterocycles. The zero-order valence-electron chi connectivity index (χ0n) is 14.4. The fraction of sp³-hybridized carbons (Fsp3) is 0.263. The molecule has 2 amide bonds. The van der Waals surface area contributed by atoms with Gasteiger partial charge in [-0.3, -0.25) is 9.59 Å². The Morgan fingerprint density at radius 1 is 1.08 bits per heavy atom. The summed E-state index contributed by atoms with van der Waals surface area (Å²) < 4.78 is 0. The summed E-state index contributed by atoms with van der Waals surface area (Å²) in [6, 6.07) is 13.9. The molecule has 134 valence electrons. The van der Waals surface area contributed by atoms with E-state index in [-0.39, 0.29) is 24.2 Å². The number of carbonyl (C=O) groups is 2. The minimum Gasteiger partial charge on any atom is -0.324 e. The van der Waals surface area contributed by atoms with Gasteiger partial charge < -0.3 is 16.4 Å². The zero-order chi connectivity index (χ0) is 17.5. The van der Waals surface area contributed by atoms with E-state index in [9.17, 15) is 9.59 Å². The van der Waals surface area contributed by atoms with Gasteiger partial charge in [0.2, 0.25) is 5.91 Å². The molecule has 2 rings (SSSR count). The summed E-state index contributed by atoms with van der Waals surface area (Å²) in [6.07, 6.45) is 1.46. The topological polar surface area (TPSA) is 84.2 Å². The molecule has 0 spiro atoms. The lowest BCUT2D eigenvalue weighted by atomic mass is 10.1. The highest BCUT2D eigenvalue weighted by atomic mass is 35.5. The highest BCUT2D eigenvalue weighted by Gasteiger charge is 2.15. The summed E-state index contributed by atoms with van der Waals surface area (Å²) in [5.41, 5.74) is 8.51. The number of hydrogen-bond acceptors (Lipinski definition) is 3. The average molecular weight is 362 g/mol. The Balaban J connectivity index is 0.00000312. The summed E-state index contributed by atoms with van der Waals surface area (Å²) in [5, 5.41) is 5.63. The molecule has 6 heteroatoms. The second kappa shape index (κ2) is 9.81. The maximum atomic E-state index is 12.4. The minimum absolute atomic E-state index is 0. The number of para-hydroxylation sites is 1. The summed E-state index contributed by atoms with van der Waals surface area (Å²) in [6.45, 7) is 3.85. The Kier molecular flexibility index (Phi) is 8.11. The van der Waals surface area contributed by atoms with Crippen LogP contribution in [0.25, 0.3) is 0 Å². The van der Waals surface area contributed by atoms with Crippen LogP contribution in [-0.2, 0) is 4.79 Å². The molecule has 5 nitrogen and oxygen atoms in total. The SMILES string of the molecule is CCCC(N)C(=O)Nc1cc(C(=O)Nc2ccccc2)ccc1C.Cl. The molecule has 0 saturated heterocycles. The zero-order valence-corrected chi connectivity index (χ0v) is 15.2. The molecule has 0 saturated carbocycles. The molecule has 0 aromatic heterocycles. The maximum Gasteiger partial charge on any atom is 0.255 e. The van der Waals surface area contributed by atoms with Gasteiger partial charge in [0.05, 0.1) is 6.04 Å². The van der Waals surface area contributed by atoms with Crippen LogP contribution in [-0.4, -0.2) is 17.9 Å². The number of rotatable bonds is 6. The number of nitrogens with two attached hydrogens (primary N) is 1. The first kappa shape index (κ1) is 20.7. The Bertz CT molecular complexity index is 720. The van der Waals surface area contributed by atoms with Crippen LogP contribution in [0.2, 0.25) is 0 Å². The summed E-state index contributed by atoms with van der Waals surface area (Å²) in [5.74, 6) is -0.463. The molecule has 0 aliphatic rings. The average Bonchev–Trinajstić information content (AvgIpc) is 2.57. The number of nitrogens with one attached hydrogen (secondary N) is 2. The lowest BCUT2D eigenvalue weighted by Crippen LogP contribution is -2.35. The van der Waals surface area contributed by atoms with E-state index in [1.165, 1.54) is 0 Å². The quantitative estimate of drug-likeness (QED) is 0.732. The van der Waals surface area contributed by atoms with Crippen molar-refractivity contribution in [3.8, 4) is 0 Å². The molecule has 0 fully saturated rings. The largest absolute Gasteiger partial charge is 0.324 e. The monoisotopic (exact) mass is 361 g/mol. The van der Waals surface area contributed by atoms with Crippen molar-refractivity contribution in [3.63, 3.8) is 0 Å². The molecule has 4 N–H and O–H groups in total. The van der Waals surface area contributed by atoms with Gasteiger partial charge in [-0.1, -0.05) is 37.6 Å². The van der Waals surface area contributed by atoms with Crippen LogP contribution in [0.5, 0.6) is 0 Å². The van der Waals surface area contributed by atoms with Gasteiger partial charge in [-0.25, -0.2) is 0 Å². The third kappa shape index (κ3) is 5.89. The lowest BCUT2D eigenvalue weighted by Gasteiger charge is -2.14. The molecule has 1 atom stereocenters. The molecule has 1 unspecified atom stereocenters. The van der Waals surface area contributed by atoms with E-state index in [1.54, 1.807) is 18.2 Å². The van der Waals surface area contributed by atoms with Gasteiger partial charge in [-0.2, -0.15) is 0 Å². The molecule has 2 aromatic rings. The van der Waals surface area contributed by atoms with Gasteiger partial charge in [0, 0.05) is 16.9 Å². The van der Waals surface area contributed by atoms with E-state index >= 15 is 0 Å². The van der Waals surface area contributed by atoms with Gasteiger partial charge >= 0.3 is 0 Å². The van der Waals surface area contributed by atoms with E-state index in [4.69, 9.17) is 5.73 Å². The van der Waals surface area contributed by atoms with Crippen molar-refractivity contribution in [1.82, 2.24) is 0 Å². The summed E-state index contributed by atoms with van der Waals surface area (Å²) in [7, 11) is 0. The fourth-order valence-electron chi connectivity index (χ4n) is 2.29. The Labute approximate surface area is 154 Å². The first-order valence-electron chi connectivity index (χ1n) is 8.04. The van der Waals surface area contributed by atoms with Crippen LogP contribution in [0.15, 0.2) is 48.5 Å². The van der Waals surface area contributed by atoms with E-state index in [0.717, 1.165) is 17.7 Å². The van der Waals surface area contributed by atoms with Crippen molar-refractivity contribution in [3.05, 3.63) is 59.7 Å². The van der Waals surface area contributed by atoms with Crippen molar-refractivity contribution in [2.75, 3.05) is 10.6 Å². The van der Waals surface area contributed by atoms with Crippen LogP contribution in [0.4, 0.5) is 11.4 Å². The van der Waals surface area contributed by atoms with Gasteiger partial charge in [-0.05, 0) is 43.2 Å². The number of anilines is 2. The van der Waals surface area contributed by atoms with Crippen LogP contribution >= 0.6 is 12.4 Å². The first-order valence-corrected chi connectivity index (χ1v) is 8.04. The number of carbonyl (C=O) groups excluding carboxylic acids is 2. The molecular formula is C19H24ClN3O2. The molecule has 0 heterocycles. The van der Waals surface area contributed by atoms with Gasteiger partial charge in [0.25, 0.3) is 5.91 Å². The van der Waals surface area contributed by atoms with Crippen LogP contribution < -0.4 is 16.4 Å². The van der Waals surface area contributed by atoms with E-state index in [0.29, 0.717) is 17.7 Å². The fourth-order valence-corrected chi connectivity index (χ4v) is 2.29. The molecule has 0 aliphatic carbocycles. The molecule has 25 heavy (non-hydrogen) atoms. The highest BCUT2D eigenvalue weighted by molar-refractivity contribution is 6.05. The number of halogens is 1. The second-order valence-corrected chi connectivity index (χ2v) is 5.73. The van der Waals surface area contributed by atoms with Crippen molar-refractivity contribution in [2.24, 2.45) is 5.73 Å². The molecular weight excluding hydrogens is 338 g/mol. The summed E-state index contributed by atoms with van der Waals surface area (Å²) >= 11 is 0. The number of amides is 2. The van der Waals surface area contributed by atoms with Gasteiger partial charge in [0.1, 0.15) is 0 Å². The number of hydrogen-bond donors (Lipinski definition) is 3. The third-order valence-corrected chi connectivity index (χ3v) is 3.73. The lowest BCUT2D eigenvalue weighted by molar-refractivity contribution is -0.117. The number of benzene rings is 2. The second-order valence-electron chi connectivity index (χ2n) is 5.73. The van der Waals surface area contributed by atoms with E-state index in [2.05, 4.69) is 10.6 Å². The van der Waals surface area contributed by atoms with Crippen molar-refractivity contribution in [2.45, 2.75) is 32.7 Å². The first-order chi connectivity index (χ1) is 11.5. The van der Waals surface area contributed by atoms with E-state index < -0.39 is 6.04 Å². The van der Waals surface area contributed by atoms with E-state index in [1.807, 2.05) is 44.2 Å². The van der Waals surface area contributed by atoms with Crippen LogP contribution in [0.1, 0.15) is 35.7 Å². The Hall–Kier alpha value is -2.37. The van der Waals surface area contributed by atoms with Crippen molar-refractivity contribution < 1.29 is 9.59 Å². The molecule has 0 bridgehead atoms. The van der Waals surface area contributed by atoms with Crippen molar-refractivity contribution >= 4 is 35.6 Å². The molecule has 0 radical (unpaired) electrons. The predicted molar refractivity (Wildman–Crippen MR) is 104 cm³/mol. The third-order valence-electron chi connectivity index (χ3n) is 3.73. The van der Waals surface area contributed by atoms with Gasteiger partial charge in [-0.15, -0.1) is 12.4 Å². The Morgan fingerprint density at radius 2 is 1.76 bits per heavy atom. The summed E-state index contributed by atoms with van der Waals surface area (Å²) in [4.78, 5) is 24.4. The molecule has 2 aromatic carbocycles. The highest BCUT2D eigenvalue weighted by Crippen LogP contribution is 2.18. The minimum atomic E-state index is -0.545. The van der Waals surface area contributed by atoms with Gasteiger partial charge in [0.15, 0.2) is 0 Å². The van der Waals surface area contributed by atoms with Crippen molar-refractivity contribution in [1.29, 1.82) is 0 Å². The normalized spacial score (nSPS) is 11.2. The maximum absolute atomic E-state index is 12.4. The van der Waals surface area contributed by atoms with Crippen LogP contribution in [0.3, 0.4) is 0 Å². The smallest absolute Gasteiger partial charge is 0.255 e. The predicted octanol–water partition coefficient (Wildman–Crippen LogP) is 3.74.